The Hall–Kier alpha value is -1.43. The van der Waals surface area contributed by atoms with E-state index in [0.29, 0.717) is 5.69 Å². The summed E-state index contributed by atoms with van der Waals surface area (Å²) in [6.45, 7) is 1.60. The van der Waals surface area contributed by atoms with Gasteiger partial charge in [-0.1, -0.05) is 11.3 Å². The molecule has 1 aromatic rings. The van der Waals surface area contributed by atoms with E-state index in [9.17, 15) is 9.59 Å². The van der Waals surface area contributed by atoms with E-state index < -0.39 is 11.7 Å². The highest BCUT2D eigenvalue weighted by molar-refractivity contribution is 7.18. The largest absolute Gasteiger partial charge is 0.375 e. The fourth-order valence-corrected chi connectivity index (χ4v) is 1.52. The number of nitrogen functional groups attached to an aromatic ring is 1. The number of rotatable bonds is 2. The van der Waals surface area contributed by atoms with E-state index >= 15 is 0 Å². The molecule has 6 heteroatoms. The molecule has 1 rings (SSSR count). The molecule has 0 bridgehead atoms. The molecule has 1 aromatic heterocycles. The van der Waals surface area contributed by atoms with Gasteiger partial charge < -0.3 is 11.5 Å². The van der Waals surface area contributed by atoms with Gasteiger partial charge in [-0.15, -0.1) is 0 Å². The Bertz CT molecular complexity index is 345. The topological polar surface area (TPSA) is 99.1 Å². The third kappa shape index (κ3) is 1.42. The number of carbonyl (C=O) groups is 2. The van der Waals surface area contributed by atoms with Crippen molar-refractivity contribution in [2.24, 2.45) is 5.73 Å². The highest BCUT2D eigenvalue weighted by Crippen LogP contribution is 2.19. The Labute approximate surface area is 72.4 Å². The molecular weight excluding hydrogens is 178 g/mol. The third-order valence-electron chi connectivity index (χ3n) is 1.24. The maximum absolute atomic E-state index is 11.0. The van der Waals surface area contributed by atoms with Gasteiger partial charge in [0.05, 0.1) is 5.69 Å². The number of hydrogen-bond donors (Lipinski definition) is 2. The Kier molecular flexibility index (Phi) is 2.09. The number of aryl methyl sites for hydroxylation is 1. The molecule has 0 fully saturated rings. The smallest absolute Gasteiger partial charge is 0.290 e. The van der Waals surface area contributed by atoms with E-state index in [-0.39, 0.29) is 10.0 Å². The van der Waals surface area contributed by atoms with Crippen molar-refractivity contribution >= 4 is 28.2 Å². The lowest BCUT2D eigenvalue weighted by Gasteiger charge is -1.89. The lowest BCUT2D eigenvalue weighted by atomic mass is 10.3. The van der Waals surface area contributed by atoms with Crippen LogP contribution in [0.5, 0.6) is 0 Å². The first-order valence-corrected chi connectivity index (χ1v) is 3.91. The summed E-state index contributed by atoms with van der Waals surface area (Å²) in [5.41, 5.74) is 10.6. The number of thiazole rings is 1. The summed E-state index contributed by atoms with van der Waals surface area (Å²) < 4.78 is 0. The summed E-state index contributed by atoms with van der Waals surface area (Å²) in [5, 5.41) is 0.261. The van der Waals surface area contributed by atoms with Gasteiger partial charge in [-0.25, -0.2) is 4.98 Å². The van der Waals surface area contributed by atoms with Crippen LogP contribution in [0.15, 0.2) is 0 Å². The Morgan fingerprint density at radius 2 is 2.08 bits per heavy atom. The molecule has 4 N–H and O–H groups in total. The lowest BCUT2D eigenvalue weighted by Crippen LogP contribution is -2.22. The van der Waals surface area contributed by atoms with Crippen LogP contribution in [0.1, 0.15) is 15.4 Å². The zero-order valence-corrected chi connectivity index (χ0v) is 7.14. The second kappa shape index (κ2) is 2.90. The zero-order valence-electron chi connectivity index (χ0n) is 6.33. The van der Waals surface area contributed by atoms with Crippen molar-refractivity contribution in [3.63, 3.8) is 0 Å². The van der Waals surface area contributed by atoms with E-state index in [4.69, 9.17) is 11.5 Å². The van der Waals surface area contributed by atoms with Gasteiger partial charge in [0, 0.05) is 0 Å². The van der Waals surface area contributed by atoms with Gasteiger partial charge in [0.15, 0.2) is 5.13 Å². The Balaban J connectivity index is 3.11. The highest BCUT2D eigenvalue weighted by Gasteiger charge is 2.18. The minimum Gasteiger partial charge on any atom is -0.375 e. The van der Waals surface area contributed by atoms with E-state index in [0.717, 1.165) is 11.3 Å². The number of anilines is 1. The molecule has 0 unspecified atom stereocenters. The minimum atomic E-state index is -0.984. The summed E-state index contributed by atoms with van der Waals surface area (Å²) in [6.07, 6.45) is 0. The van der Waals surface area contributed by atoms with E-state index in [1.165, 1.54) is 0 Å². The van der Waals surface area contributed by atoms with Gasteiger partial charge in [-0.2, -0.15) is 0 Å². The van der Waals surface area contributed by atoms with Crippen molar-refractivity contribution in [3.05, 3.63) is 10.6 Å². The molecule has 0 radical (unpaired) electrons. The first-order valence-electron chi connectivity index (χ1n) is 3.09. The minimum absolute atomic E-state index is 0.222. The number of nitrogens with zero attached hydrogens (tertiary/aromatic N) is 1. The monoisotopic (exact) mass is 185 g/mol. The highest BCUT2D eigenvalue weighted by atomic mass is 32.1. The van der Waals surface area contributed by atoms with Crippen LogP contribution in [-0.4, -0.2) is 16.7 Å². The number of ketones is 1. The number of hydrogen-bond acceptors (Lipinski definition) is 5. The average Bonchev–Trinajstić information content (AvgIpc) is 2.28. The molecule has 0 saturated carbocycles. The molecule has 0 aromatic carbocycles. The molecule has 12 heavy (non-hydrogen) atoms. The maximum Gasteiger partial charge on any atom is 0.290 e. The van der Waals surface area contributed by atoms with Crippen LogP contribution >= 0.6 is 11.3 Å². The molecule has 0 aliphatic rings. The van der Waals surface area contributed by atoms with Gasteiger partial charge in [0.25, 0.3) is 11.7 Å². The first-order chi connectivity index (χ1) is 5.52. The number of amides is 1. The van der Waals surface area contributed by atoms with Crippen LogP contribution in [0.25, 0.3) is 0 Å². The summed E-state index contributed by atoms with van der Waals surface area (Å²) >= 11 is 0.967. The fraction of sp³-hybridized carbons (Fsp3) is 0.167. The van der Waals surface area contributed by atoms with Crippen LogP contribution in [0.3, 0.4) is 0 Å². The van der Waals surface area contributed by atoms with Crippen LogP contribution < -0.4 is 11.5 Å². The van der Waals surface area contributed by atoms with Crippen molar-refractivity contribution in [2.45, 2.75) is 6.92 Å². The molecule has 1 amide bonds. The molecule has 5 nitrogen and oxygen atoms in total. The average molecular weight is 185 g/mol. The van der Waals surface area contributed by atoms with Gasteiger partial charge >= 0.3 is 0 Å². The molecule has 0 aliphatic heterocycles. The predicted molar refractivity (Wildman–Crippen MR) is 44.8 cm³/mol. The van der Waals surface area contributed by atoms with Crippen LogP contribution in [0.4, 0.5) is 5.13 Å². The van der Waals surface area contributed by atoms with Gasteiger partial charge in [-0.05, 0) is 6.92 Å². The molecule has 0 spiro atoms. The Morgan fingerprint density at radius 3 is 2.42 bits per heavy atom. The SMILES string of the molecule is Cc1nc(N)sc1C(=O)C(N)=O. The van der Waals surface area contributed by atoms with Crippen molar-refractivity contribution < 1.29 is 9.59 Å². The molecular formula is C6H7N3O2S. The van der Waals surface area contributed by atoms with Crippen molar-refractivity contribution in [1.82, 2.24) is 4.98 Å². The normalized spacial score (nSPS) is 9.75. The summed E-state index contributed by atoms with van der Waals surface area (Å²) in [7, 11) is 0. The number of primary amides is 1. The lowest BCUT2D eigenvalue weighted by molar-refractivity contribution is -0.114. The van der Waals surface area contributed by atoms with Crippen LogP contribution in [0, 0.1) is 6.92 Å². The molecule has 0 aliphatic carbocycles. The number of aromatic nitrogens is 1. The van der Waals surface area contributed by atoms with E-state index in [2.05, 4.69) is 4.98 Å². The standard InChI is InChI=1S/C6H7N3O2S/c1-2-4(3(10)5(7)11)12-6(8)9-2/h1H3,(H2,7,11)(H2,8,9). The summed E-state index contributed by atoms with van der Waals surface area (Å²) in [6, 6.07) is 0. The predicted octanol–water partition coefficient (Wildman–Crippen LogP) is -0.298. The number of carbonyl (C=O) groups excluding carboxylic acids is 2. The molecule has 0 atom stereocenters. The van der Waals surface area contributed by atoms with Crippen molar-refractivity contribution in [1.29, 1.82) is 0 Å². The molecule has 1 heterocycles. The van der Waals surface area contributed by atoms with E-state index in [1.807, 2.05) is 0 Å². The summed E-state index contributed by atoms with van der Waals surface area (Å²) in [5.74, 6) is -1.72. The van der Waals surface area contributed by atoms with Crippen LogP contribution in [0.2, 0.25) is 0 Å². The maximum atomic E-state index is 11.0. The first kappa shape index (κ1) is 8.66. The Morgan fingerprint density at radius 1 is 1.50 bits per heavy atom. The quantitative estimate of drug-likeness (QED) is 0.488. The number of Topliss-reactive ketones (excluding diaryl/α,β-unsaturated/α-hetero) is 1. The van der Waals surface area contributed by atoms with Gasteiger partial charge in [0.2, 0.25) is 0 Å². The molecule has 0 saturated heterocycles. The van der Waals surface area contributed by atoms with Crippen molar-refractivity contribution in [3.8, 4) is 0 Å². The second-order valence-electron chi connectivity index (χ2n) is 2.16. The van der Waals surface area contributed by atoms with Crippen LogP contribution in [-0.2, 0) is 4.79 Å². The third-order valence-corrected chi connectivity index (χ3v) is 2.23. The molecule has 64 valence electrons. The van der Waals surface area contributed by atoms with Crippen molar-refractivity contribution in [2.75, 3.05) is 5.73 Å². The van der Waals surface area contributed by atoms with Gasteiger partial charge in [-0.3, -0.25) is 9.59 Å². The fourth-order valence-electron chi connectivity index (χ4n) is 0.740. The number of nitrogens with two attached hydrogens (primary N) is 2. The second-order valence-corrected chi connectivity index (χ2v) is 3.19. The van der Waals surface area contributed by atoms with Gasteiger partial charge in [0.1, 0.15) is 4.88 Å². The summed E-state index contributed by atoms with van der Waals surface area (Å²) in [4.78, 5) is 25.5. The van der Waals surface area contributed by atoms with E-state index in [1.54, 1.807) is 6.92 Å². The zero-order chi connectivity index (χ0) is 9.30.